The number of rotatable bonds is 11. The third kappa shape index (κ3) is 10.4. The number of anilines is 1. The minimum Gasteiger partial charge on any atom is -0.497 e. The molecule has 0 aromatic heterocycles. The van der Waals surface area contributed by atoms with E-state index in [0.717, 1.165) is 52.4 Å². The summed E-state index contributed by atoms with van der Waals surface area (Å²) in [6.07, 6.45) is -14.1. The van der Waals surface area contributed by atoms with E-state index >= 15 is 0 Å². The summed E-state index contributed by atoms with van der Waals surface area (Å²) in [4.78, 5) is 30.5. The maximum atomic E-state index is 13.0. The van der Waals surface area contributed by atoms with Crippen molar-refractivity contribution in [3.8, 4) is 5.75 Å². The van der Waals surface area contributed by atoms with Crippen molar-refractivity contribution in [1.82, 2.24) is 9.80 Å². The van der Waals surface area contributed by atoms with Gasteiger partial charge in [-0.3, -0.25) is 9.69 Å². The smallest absolute Gasteiger partial charge is 0.434 e. The lowest BCUT2D eigenvalue weighted by Gasteiger charge is -2.45. The quantitative estimate of drug-likeness (QED) is 0.172. The second kappa shape index (κ2) is 15.7. The molecule has 14 heteroatoms. The molecule has 278 valence electrons. The van der Waals surface area contributed by atoms with Crippen LogP contribution < -0.4 is 9.64 Å². The fourth-order valence-electron chi connectivity index (χ4n) is 6.76. The van der Waals surface area contributed by atoms with Gasteiger partial charge in [-0.05, 0) is 101 Å². The first-order valence-corrected chi connectivity index (χ1v) is 16.8. The number of likely N-dealkylation sites (tertiary alicyclic amines) is 2. The number of aryl methyl sites for hydroxylation is 1. The maximum absolute atomic E-state index is 13.0. The molecule has 2 aromatic carbocycles. The minimum atomic E-state index is -5.77. The SMILES string of the molecule is COc1ccc(CN(CCCC(=O)OC(C)(C)C)c2cc(C)ccc2CN2CCCC23CCN(C(=O)OC(C(F)(F)F)C(F)(F)F)CC3)cc1. The number of benzene rings is 2. The Morgan fingerprint density at radius 2 is 1.56 bits per heavy atom. The Labute approximate surface area is 289 Å². The lowest BCUT2D eigenvalue weighted by Crippen LogP contribution is -2.54. The van der Waals surface area contributed by atoms with Crippen LogP contribution in [-0.2, 0) is 27.4 Å². The van der Waals surface area contributed by atoms with E-state index in [1.54, 1.807) is 7.11 Å². The first kappa shape index (κ1) is 39.1. The summed E-state index contributed by atoms with van der Waals surface area (Å²) in [5, 5.41) is 0. The number of carbonyl (C=O) groups is 2. The van der Waals surface area contributed by atoms with Crippen LogP contribution in [0.1, 0.15) is 76.0 Å². The average Bonchev–Trinajstić information content (AvgIpc) is 3.39. The van der Waals surface area contributed by atoms with Gasteiger partial charge < -0.3 is 24.0 Å². The first-order chi connectivity index (χ1) is 23.3. The van der Waals surface area contributed by atoms with Gasteiger partial charge in [-0.25, -0.2) is 4.79 Å². The molecule has 4 rings (SSSR count). The van der Waals surface area contributed by atoms with Crippen molar-refractivity contribution >= 4 is 17.7 Å². The van der Waals surface area contributed by atoms with E-state index in [4.69, 9.17) is 9.47 Å². The Morgan fingerprint density at radius 3 is 2.14 bits per heavy atom. The molecular formula is C36H47F6N3O5. The lowest BCUT2D eigenvalue weighted by molar-refractivity contribution is -0.308. The lowest BCUT2D eigenvalue weighted by atomic mass is 9.84. The van der Waals surface area contributed by atoms with Crippen LogP contribution in [0, 0.1) is 6.92 Å². The van der Waals surface area contributed by atoms with Gasteiger partial charge >= 0.3 is 24.4 Å². The van der Waals surface area contributed by atoms with Crippen LogP contribution in [-0.4, -0.2) is 84.7 Å². The van der Waals surface area contributed by atoms with Crippen LogP contribution >= 0.6 is 0 Å². The summed E-state index contributed by atoms with van der Waals surface area (Å²) in [5.41, 5.74) is 3.19. The van der Waals surface area contributed by atoms with Crippen molar-refractivity contribution in [2.75, 3.05) is 38.2 Å². The molecule has 2 fully saturated rings. The molecule has 0 bridgehead atoms. The predicted octanol–water partition coefficient (Wildman–Crippen LogP) is 8.19. The monoisotopic (exact) mass is 715 g/mol. The standard InChI is InChI=1S/C36H47F6N3O5/c1-25-9-12-27(29(22-25)44(18-6-8-30(46)50-33(2,3)4)23-26-10-13-28(48-5)14-11-26)24-45-19-7-15-34(45)16-20-43(21-17-34)32(47)49-31(35(37,38)39)36(40,41)42/h9-14,22,31H,6-8,15-21,23-24H2,1-5H3. The molecule has 2 aliphatic rings. The number of ether oxygens (including phenoxy) is 3. The number of hydrogen-bond acceptors (Lipinski definition) is 7. The number of esters is 1. The fraction of sp³-hybridized carbons (Fsp3) is 0.611. The largest absolute Gasteiger partial charge is 0.497 e. The molecule has 0 atom stereocenters. The molecule has 0 unspecified atom stereocenters. The zero-order valence-corrected chi connectivity index (χ0v) is 29.3. The summed E-state index contributed by atoms with van der Waals surface area (Å²) in [6, 6.07) is 14.0. The third-order valence-electron chi connectivity index (χ3n) is 9.21. The van der Waals surface area contributed by atoms with E-state index in [1.807, 2.05) is 58.0 Å². The van der Waals surface area contributed by atoms with Crippen molar-refractivity contribution in [3.63, 3.8) is 0 Å². The van der Waals surface area contributed by atoms with Crippen LogP contribution in [0.25, 0.3) is 0 Å². The zero-order chi connectivity index (χ0) is 36.9. The predicted molar refractivity (Wildman–Crippen MR) is 176 cm³/mol. The van der Waals surface area contributed by atoms with E-state index in [1.165, 1.54) is 0 Å². The van der Waals surface area contributed by atoms with Crippen molar-refractivity contribution in [1.29, 1.82) is 0 Å². The van der Waals surface area contributed by atoms with Crippen LogP contribution in [0.2, 0.25) is 0 Å². The van der Waals surface area contributed by atoms with Crippen LogP contribution in [0.15, 0.2) is 42.5 Å². The number of methoxy groups -OCH3 is 1. The Bertz CT molecular complexity index is 1440. The van der Waals surface area contributed by atoms with Gasteiger partial charge in [0.25, 0.3) is 6.10 Å². The number of nitrogens with zero attached hydrogens (tertiary/aromatic N) is 3. The van der Waals surface area contributed by atoms with Gasteiger partial charge in [0, 0.05) is 50.4 Å². The van der Waals surface area contributed by atoms with Crippen LogP contribution in [0.5, 0.6) is 5.75 Å². The molecule has 2 heterocycles. The van der Waals surface area contributed by atoms with Gasteiger partial charge in [-0.15, -0.1) is 0 Å². The summed E-state index contributed by atoms with van der Waals surface area (Å²) in [5.74, 6) is 0.466. The van der Waals surface area contributed by atoms with E-state index in [2.05, 4.69) is 26.7 Å². The Hall–Kier alpha value is -3.68. The number of hydrogen-bond donors (Lipinski definition) is 0. The molecule has 2 aromatic rings. The minimum absolute atomic E-state index is 0.0210. The number of piperidine rings is 1. The summed E-state index contributed by atoms with van der Waals surface area (Å²) in [6.45, 7) is 9.89. The molecule has 0 N–H and O–H groups in total. The normalized spacial score (nSPS) is 16.9. The number of carbonyl (C=O) groups excluding carboxylic acids is 2. The van der Waals surface area contributed by atoms with Gasteiger partial charge in [0.2, 0.25) is 0 Å². The number of alkyl halides is 6. The van der Waals surface area contributed by atoms with E-state index in [9.17, 15) is 35.9 Å². The highest BCUT2D eigenvalue weighted by molar-refractivity contribution is 5.70. The van der Waals surface area contributed by atoms with E-state index < -0.39 is 30.2 Å². The van der Waals surface area contributed by atoms with Crippen molar-refractivity contribution in [3.05, 3.63) is 59.2 Å². The third-order valence-corrected chi connectivity index (χ3v) is 9.21. The summed E-state index contributed by atoms with van der Waals surface area (Å²) >= 11 is 0. The number of amides is 1. The molecule has 0 radical (unpaired) electrons. The van der Waals surface area contributed by atoms with Gasteiger partial charge in [-0.2, -0.15) is 26.3 Å². The van der Waals surface area contributed by atoms with Crippen molar-refractivity contribution in [2.45, 2.75) is 109 Å². The Balaban J connectivity index is 1.51. The van der Waals surface area contributed by atoms with Crippen molar-refractivity contribution in [2.24, 2.45) is 0 Å². The molecule has 8 nitrogen and oxygen atoms in total. The van der Waals surface area contributed by atoms with Crippen LogP contribution in [0.4, 0.5) is 36.8 Å². The molecule has 0 saturated carbocycles. The molecule has 2 saturated heterocycles. The van der Waals surface area contributed by atoms with Gasteiger partial charge in [0.15, 0.2) is 0 Å². The average molecular weight is 716 g/mol. The topological polar surface area (TPSA) is 71.5 Å². The molecule has 1 spiro atoms. The first-order valence-electron chi connectivity index (χ1n) is 16.8. The Kier molecular flexibility index (Phi) is 12.3. The molecule has 2 aliphatic heterocycles. The van der Waals surface area contributed by atoms with Crippen LogP contribution in [0.3, 0.4) is 0 Å². The van der Waals surface area contributed by atoms with Gasteiger partial charge in [-0.1, -0.05) is 24.3 Å². The highest BCUT2D eigenvalue weighted by atomic mass is 19.4. The molecule has 50 heavy (non-hydrogen) atoms. The second-order valence-corrected chi connectivity index (χ2v) is 14.2. The van der Waals surface area contributed by atoms with Gasteiger partial charge in [0.05, 0.1) is 7.11 Å². The number of halogens is 6. The van der Waals surface area contributed by atoms with Gasteiger partial charge in [0.1, 0.15) is 11.4 Å². The molecule has 0 aliphatic carbocycles. The van der Waals surface area contributed by atoms with E-state index in [-0.39, 0.29) is 31.0 Å². The Morgan fingerprint density at radius 1 is 0.920 bits per heavy atom. The highest BCUT2D eigenvalue weighted by Crippen LogP contribution is 2.42. The second-order valence-electron chi connectivity index (χ2n) is 14.2. The summed E-state index contributed by atoms with van der Waals surface area (Å²) < 4.78 is 92.9. The van der Waals surface area contributed by atoms with E-state index in [0.29, 0.717) is 38.9 Å². The highest BCUT2D eigenvalue weighted by Gasteiger charge is 2.60. The molecule has 1 amide bonds. The molecular weight excluding hydrogens is 668 g/mol. The fourth-order valence-corrected chi connectivity index (χ4v) is 6.76. The van der Waals surface area contributed by atoms with Crippen molar-refractivity contribution < 1.29 is 50.1 Å². The zero-order valence-electron chi connectivity index (χ0n) is 29.3. The summed E-state index contributed by atoms with van der Waals surface area (Å²) in [7, 11) is 1.61. The maximum Gasteiger partial charge on any atom is 0.434 e.